The second kappa shape index (κ2) is 13.9. The number of rotatable bonds is 10. The zero-order chi connectivity index (χ0) is 36.7. The van der Waals surface area contributed by atoms with Crippen molar-refractivity contribution in [3.05, 3.63) is 133 Å². The monoisotopic (exact) mass is 687 g/mol. The van der Waals surface area contributed by atoms with Crippen molar-refractivity contribution in [3.8, 4) is 0 Å². The largest absolute Gasteiger partial charge is 0.378 e. The van der Waals surface area contributed by atoms with Crippen LogP contribution in [0.2, 0.25) is 0 Å². The Labute approximate surface area is 308 Å². The highest BCUT2D eigenvalue weighted by Crippen LogP contribution is 2.42. The Hall–Kier alpha value is -6.08. The molecule has 7 rings (SSSR count). The maximum atomic E-state index is 2.35. The molecule has 0 aliphatic carbocycles. The first-order valence-corrected chi connectivity index (χ1v) is 17.7. The van der Waals surface area contributed by atoms with Gasteiger partial charge in [0.1, 0.15) is 0 Å². The second-order valence-electron chi connectivity index (χ2n) is 14.3. The number of nitrogens with zero attached hydrogens (tertiary/aromatic N) is 7. The van der Waals surface area contributed by atoms with Gasteiger partial charge in [0.25, 0.3) is 0 Å². The van der Waals surface area contributed by atoms with Gasteiger partial charge in [0.2, 0.25) is 0 Å². The predicted molar refractivity (Wildman–Crippen MR) is 227 cm³/mol. The van der Waals surface area contributed by atoms with E-state index in [9.17, 15) is 0 Å². The Morgan fingerprint density at radius 1 is 0.288 bits per heavy atom. The zero-order valence-electron chi connectivity index (χ0n) is 31.8. The lowest BCUT2D eigenvalue weighted by atomic mass is 10.1. The summed E-state index contributed by atoms with van der Waals surface area (Å²) < 4.78 is 2.31. The smallest absolute Gasteiger partial charge is 0.0490 e. The van der Waals surface area contributed by atoms with E-state index in [1.165, 1.54) is 44.6 Å². The molecular formula is C45H49N7. The van der Waals surface area contributed by atoms with E-state index < -0.39 is 0 Å². The minimum atomic E-state index is 1.11. The van der Waals surface area contributed by atoms with Crippen molar-refractivity contribution in [2.75, 3.05) is 85.8 Å². The van der Waals surface area contributed by atoms with Gasteiger partial charge in [-0.15, -0.1) is 0 Å². The molecule has 7 nitrogen and oxygen atoms in total. The molecule has 0 N–H and O–H groups in total. The van der Waals surface area contributed by atoms with Crippen LogP contribution in [0.4, 0.5) is 56.9 Å². The van der Waals surface area contributed by atoms with Gasteiger partial charge in [0, 0.05) is 142 Å². The van der Waals surface area contributed by atoms with Gasteiger partial charge in [-0.3, -0.25) is 0 Å². The number of aryl methyl sites for hydroxylation is 1. The molecule has 1 aromatic heterocycles. The van der Waals surface area contributed by atoms with Crippen molar-refractivity contribution in [1.82, 2.24) is 4.57 Å². The summed E-state index contributed by atoms with van der Waals surface area (Å²) in [6.45, 7) is 0. The SMILES string of the molecule is CN(C)c1ccc(N(c2ccc(N(C)C)cc2)c2ccc3c(c2)c2cc(N(c4ccc(N(C)C)cc4)c4ccc(N(C)C)cc4)ccc2n3C)cc1. The van der Waals surface area contributed by atoms with E-state index in [2.05, 4.69) is 231 Å². The van der Waals surface area contributed by atoms with E-state index >= 15 is 0 Å². The Kier molecular flexibility index (Phi) is 9.20. The topological polar surface area (TPSA) is 24.4 Å². The third-order valence-corrected chi connectivity index (χ3v) is 9.99. The molecule has 0 bridgehead atoms. The van der Waals surface area contributed by atoms with E-state index in [4.69, 9.17) is 0 Å². The first-order chi connectivity index (χ1) is 25.0. The molecule has 0 atom stereocenters. The minimum Gasteiger partial charge on any atom is -0.378 e. The van der Waals surface area contributed by atoms with Crippen LogP contribution in [0.15, 0.2) is 133 Å². The molecule has 0 unspecified atom stereocenters. The average molecular weight is 688 g/mol. The summed E-state index contributed by atoms with van der Waals surface area (Å²) in [5.74, 6) is 0. The quantitative estimate of drug-likeness (QED) is 0.142. The molecular weight excluding hydrogens is 639 g/mol. The molecule has 52 heavy (non-hydrogen) atoms. The summed E-state index contributed by atoms with van der Waals surface area (Å²) in [5.41, 5.74) is 13.7. The van der Waals surface area contributed by atoms with Crippen molar-refractivity contribution in [3.63, 3.8) is 0 Å². The van der Waals surface area contributed by atoms with Gasteiger partial charge in [-0.2, -0.15) is 0 Å². The molecule has 0 aliphatic rings. The second-order valence-corrected chi connectivity index (χ2v) is 14.3. The third kappa shape index (κ3) is 6.46. The van der Waals surface area contributed by atoms with Gasteiger partial charge >= 0.3 is 0 Å². The van der Waals surface area contributed by atoms with Gasteiger partial charge in [0.15, 0.2) is 0 Å². The fourth-order valence-corrected chi connectivity index (χ4v) is 6.97. The highest BCUT2D eigenvalue weighted by Gasteiger charge is 2.19. The summed E-state index contributed by atoms with van der Waals surface area (Å²) in [5, 5.41) is 2.42. The minimum absolute atomic E-state index is 1.11. The van der Waals surface area contributed by atoms with Crippen LogP contribution in [0.5, 0.6) is 0 Å². The Bertz CT molecular complexity index is 2030. The van der Waals surface area contributed by atoms with Crippen molar-refractivity contribution in [2.24, 2.45) is 7.05 Å². The number of hydrogen-bond donors (Lipinski definition) is 0. The molecule has 7 aromatic rings. The van der Waals surface area contributed by atoms with Crippen molar-refractivity contribution in [2.45, 2.75) is 0 Å². The molecule has 0 aliphatic heterocycles. The molecule has 0 spiro atoms. The van der Waals surface area contributed by atoms with Gasteiger partial charge in [-0.25, -0.2) is 0 Å². The first kappa shape index (κ1) is 34.4. The van der Waals surface area contributed by atoms with Gasteiger partial charge < -0.3 is 34.0 Å². The lowest BCUT2D eigenvalue weighted by Gasteiger charge is -2.27. The average Bonchev–Trinajstić information content (AvgIpc) is 3.42. The molecule has 1 heterocycles. The van der Waals surface area contributed by atoms with Gasteiger partial charge in [0.05, 0.1) is 0 Å². The van der Waals surface area contributed by atoms with Crippen LogP contribution in [0.3, 0.4) is 0 Å². The number of benzene rings is 6. The summed E-state index contributed by atoms with van der Waals surface area (Å²) >= 11 is 0. The van der Waals surface area contributed by atoms with Crippen LogP contribution >= 0.6 is 0 Å². The van der Waals surface area contributed by atoms with Gasteiger partial charge in [-0.1, -0.05) is 0 Å². The molecule has 0 amide bonds. The Balaban J connectivity index is 1.39. The van der Waals surface area contributed by atoms with Crippen LogP contribution < -0.4 is 29.4 Å². The molecule has 0 radical (unpaired) electrons. The molecule has 264 valence electrons. The predicted octanol–water partition coefficient (Wildman–Crippen LogP) is 10.5. The van der Waals surface area contributed by atoms with Crippen LogP contribution in [0.1, 0.15) is 0 Å². The fourth-order valence-electron chi connectivity index (χ4n) is 6.97. The highest BCUT2D eigenvalue weighted by atomic mass is 15.2. The van der Waals surface area contributed by atoms with Crippen LogP contribution in [-0.4, -0.2) is 60.9 Å². The number of hydrogen-bond acceptors (Lipinski definition) is 6. The maximum absolute atomic E-state index is 2.35. The maximum Gasteiger partial charge on any atom is 0.0490 e. The number of fused-ring (bicyclic) bond motifs is 3. The highest BCUT2D eigenvalue weighted by molar-refractivity contribution is 6.11. The van der Waals surface area contributed by atoms with Crippen molar-refractivity contribution >= 4 is 78.7 Å². The lowest BCUT2D eigenvalue weighted by Crippen LogP contribution is -2.13. The third-order valence-electron chi connectivity index (χ3n) is 9.99. The Morgan fingerprint density at radius 2 is 0.500 bits per heavy atom. The van der Waals surface area contributed by atoms with Crippen molar-refractivity contribution in [1.29, 1.82) is 0 Å². The van der Waals surface area contributed by atoms with E-state index in [-0.39, 0.29) is 0 Å². The van der Waals surface area contributed by atoms with E-state index in [0.29, 0.717) is 0 Å². The molecule has 0 saturated carbocycles. The van der Waals surface area contributed by atoms with Crippen LogP contribution in [-0.2, 0) is 7.05 Å². The molecule has 6 aromatic carbocycles. The molecule has 0 saturated heterocycles. The number of aromatic nitrogens is 1. The van der Waals surface area contributed by atoms with E-state index in [1.54, 1.807) is 0 Å². The Morgan fingerprint density at radius 3 is 0.731 bits per heavy atom. The summed E-state index contributed by atoms with van der Waals surface area (Å²) in [6.07, 6.45) is 0. The van der Waals surface area contributed by atoms with Crippen molar-refractivity contribution < 1.29 is 0 Å². The van der Waals surface area contributed by atoms with E-state index in [0.717, 1.165) is 34.1 Å². The molecule has 7 heteroatoms. The first-order valence-electron chi connectivity index (χ1n) is 17.7. The summed E-state index contributed by atoms with van der Waals surface area (Å²) in [6, 6.07) is 48.9. The zero-order valence-corrected chi connectivity index (χ0v) is 31.8. The number of anilines is 10. The fraction of sp³-hybridized carbons (Fsp3) is 0.200. The standard InChI is InChI=1S/C45H49N7/c1-46(2)32-10-18-36(19-11-32)51(37-20-12-33(13-21-37)47(3)4)40-26-28-44-42(30-40)43-31-41(27-29-45(43)50(44)9)52(38-22-14-34(15-23-38)48(5)6)39-24-16-35(17-25-39)49(7)8/h10-31H,1-9H3. The summed E-state index contributed by atoms with van der Waals surface area (Å²) in [7, 11) is 18.8. The van der Waals surface area contributed by atoms with Gasteiger partial charge in [-0.05, 0) is 133 Å². The van der Waals surface area contributed by atoms with Crippen LogP contribution in [0, 0.1) is 0 Å². The normalized spacial score (nSPS) is 11.2. The van der Waals surface area contributed by atoms with E-state index in [1.807, 2.05) is 0 Å². The lowest BCUT2D eigenvalue weighted by molar-refractivity contribution is 1.01. The van der Waals surface area contributed by atoms with Crippen LogP contribution in [0.25, 0.3) is 21.8 Å². The summed E-state index contributed by atoms with van der Waals surface area (Å²) in [4.78, 5) is 13.2. The molecule has 0 fully saturated rings.